The van der Waals surface area contributed by atoms with E-state index >= 15 is 0 Å². The van der Waals surface area contributed by atoms with E-state index in [4.69, 9.17) is 5.73 Å². The van der Waals surface area contributed by atoms with Gasteiger partial charge in [0.1, 0.15) is 0 Å². The molecule has 0 saturated carbocycles. The number of hydrogen-bond acceptors (Lipinski definition) is 2. The van der Waals surface area contributed by atoms with E-state index in [0.717, 1.165) is 36.2 Å². The number of piperidine rings is 1. The van der Waals surface area contributed by atoms with Gasteiger partial charge in [-0.25, -0.2) is 0 Å². The maximum Gasteiger partial charge on any atom is 0.226 e. The topological polar surface area (TPSA) is 46.3 Å². The number of anilines is 1. The van der Waals surface area contributed by atoms with Crippen LogP contribution >= 0.6 is 0 Å². The molecule has 1 aromatic carbocycles. The Kier molecular flexibility index (Phi) is 4.01. The van der Waals surface area contributed by atoms with E-state index in [1.165, 1.54) is 0 Å². The summed E-state index contributed by atoms with van der Waals surface area (Å²) in [4.78, 5) is 13.8. The van der Waals surface area contributed by atoms with Crippen LogP contribution in [0.4, 0.5) is 5.69 Å². The highest BCUT2D eigenvalue weighted by atomic mass is 16.2. The van der Waals surface area contributed by atoms with Crippen molar-refractivity contribution in [3.8, 4) is 11.8 Å². The summed E-state index contributed by atoms with van der Waals surface area (Å²) >= 11 is 0. The van der Waals surface area contributed by atoms with E-state index < -0.39 is 0 Å². The van der Waals surface area contributed by atoms with Crippen LogP contribution in [-0.2, 0) is 4.79 Å². The third-order valence-electron chi connectivity index (χ3n) is 3.16. The van der Waals surface area contributed by atoms with Crippen LogP contribution in [0.3, 0.4) is 0 Å². The molecule has 18 heavy (non-hydrogen) atoms. The predicted molar refractivity (Wildman–Crippen MR) is 73.3 cm³/mol. The van der Waals surface area contributed by atoms with Crippen LogP contribution in [0.5, 0.6) is 0 Å². The lowest BCUT2D eigenvalue weighted by Crippen LogP contribution is -2.35. The standard InChI is InChI=1S/C15H18N2O/c1-12-7-8-13(5-4-9-16)11-14(12)17-10-3-2-6-15(17)18/h7-8,11H,2-3,6,9-10,16H2,1H3. The highest BCUT2D eigenvalue weighted by Crippen LogP contribution is 2.25. The van der Waals surface area contributed by atoms with E-state index in [1.807, 2.05) is 30.0 Å². The Bertz CT molecular complexity index is 511. The minimum absolute atomic E-state index is 0.216. The molecule has 1 aromatic rings. The van der Waals surface area contributed by atoms with Crippen molar-refractivity contribution in [3.05, 3.63) is 29.3 Å². The molecule has 0 spiro atoms. The summed E-state index contributed by atoms with van der Waals surface area (Å²) in [5.74, 6) is 6.07. The molecule has 1 aliphatic heterocycles. The molecule has 1 amide bonds. The zero-order chi connectivity index (χ0) is 13.0. The molecule has 0 aromatic heterocycles. The molecule has 3 heteroatoms. The van der Waals surface area contributed by atoms with E-state index in [9.17, 15) is 4.79 Å². The first-order valence-electron chi connectivity index (χ1n) is 6.32. The molecule has 94 valence electrons. The minimum Gasteiger partial charge on any atom is -0.320 e. The minimum atomic E-state index is 0.216. The van der Waals surface area contributed by atoms with Gasteiger partial charge in [-0.3, -0.25) is 4.79 Å². The van der Waals surface area contributed by atoms with Gasteiger partial charge < -0.3 is 10.6 Å². The van der Waals surface area contributed by atoms with E-state index in [-0.39, 0.29) is 5.91 Å². The second-order valence-corrected chi connectivity index (χ2v) is 4.51. The van der Waals surface area contributed by atoms with Gasteiger partial charge in [-0.2, -0.15) is 0 Å². The van der Waals surface area contributed by atoms with Gasteiger partial charge in [-0.15, -0.1) is 0 Å². The second kappa shape index (κ2) is 5.70. The van der Waals surface area contributed by atoms with Crippen LogP contribution in [0.15, 0.2) is 18.2 Å². The molecule has 2 rings (SSSR count). The van der Waals surface area contributed by atoms with Gasteiger partial charge in [0.2, 0.25) is 5.91 Å². The molecule has 2 N–H and O–H groups in total. The van der Waals surface area contributed by atoms with Crippen LogP contribution < -0.4 is 10.6 Å². The average Bonchev–Trinajstić information content (AvgIpc) is 2.39. The molecule has 0 unspecified atom stereocenters. The van der Waals surface area contributed by atoms with E-state index in [2.05, 4.69) is 11.8 Å². The lowest BCUT2D eigenvalue weighted by Gasteiger charge is -2.28. The van der Waals surface area contributed by atoms with Gasteiger partial charge in [0.05, 0.1) is 6.54 Å². The number of aryl methyl sites for hydroxylation is 1. The summed E-state index contributed by atoms with van der Waals surface area (Å²) in [6.45, 7) is 3.19. The fourth-order valence-electron chi connectivity index (χ4n) is 2.19. The number of nitrogens with zero attached hydrogens (tertiary/aromatic N) is 1. The summed E-state index contributed by atoms with van der Waals surface area (Å²) in [6.07, 6.45) is 2.73. The van der Waals surface area contributed by atoms with Gasteiger partial charge in [-0.05, 0) is 37.5 Å². The van der Waals surface area contributed by atoms with Crippen molar-refractivity contribution in [1.82, 2.24) is 0 Å². The summed E-state index contributed by atoms with van der Waals surface area (Å²) in [5.41, 5.74) is 8.39. The third-order valence-corrected chi connectivity index (χ3v) is 3.16. The molecule has 1 saturated heterocycles. The van der Waals surface area contributed by atoms with Crippen LogP contribution in [0, 0.1) is 18.8 Å². The molecule has 0 bridgehead atoms. The largest absolute Gasteiger partial charge is 0.320 e. The molecule has 0 radical (unpaired) electrons. The van der Waals surface area contributed by atoms with Crippen molar-refractivity contribution < 1.29 is 4.79 Å². The zero-order valence-corrected chi connectivity index (χ0v) is 10.7. The van der Waals surface area contributed by atoms with E-state index in [1.54, 1.807) is 0 Å². The van der Waals surface area contributed by atoms with Crippen molar-refractivity contribution in [1.29, 1.82) is 0 Å². The molecule has 1 aliphatic rings. The number of amides is 1. The first kappa shape index (κ1) is 12.7. The monoisotopic (exact) mass is 242 g/mol. The third kappa shape index (κ3) is 2.72. The number of rotatable bonds is 1. The summed E-state index contributed by atoms with van der Waals surface area (Å²) in [5, 5.41) is 0. The number of carbonyl (C=O) groups is 1. The van der Waals surface area contributed by atoms with Crippen LogP contribution in [0.2, 0.25) is 0 Å². The Morgan fingerprint density at radius 1 is 1.39 bits per heavy atom. The fraction of sp³-hybridized carbons (Fsp3) is 0.400. The highest BCUT2D eigenvalue weighted by molar-refractivity contribution is 5.94. The molecule has 1 heterocycles. The van der Waals surface area contributed by atoms with Gasteiger partial charge in [-0.1, -0.05) is 17.9 Å². The zero-order valence-electron chi connectivity index (χ0n) is 10.7. The van der Waals surface area contributed by atoms with Crippen molar-refractivity contribution >= 4 is 11.6 Å². The maximum absolute atomic E-state index is 11.9. The van der Waals surface area contributed by atoms with Crippen molar-refractivity contribution in [2.75, 3.05) is 18.0 Å². The summed E-state index contributed by atoms with van der Waals surface area (Å²) in [6, 6.07) is 5.97. The van der Waals surface area contributed by atoms with Crippen molar-refractivity contribution in [3.63, 3.8) is 0 Å². The second-order valence-electron chi connectivity index (χ2n) is 4.51. The Balaban J connectivity index is 2.33. The number of benzene rings is 1. The summed E-state index contributed by atoms with van der Waals surface area (Å²) < 4.78 is 0. The predicted octanol–water partition coefficient (Wildman–Crippen LogP) is 1.82. The number of nitrogens with two attached hydrogens (primary N) is 1. The first-order valence-corrected chi connectivity index (χ1v) is 6.32. The van der Waals surface area contributed by atoms with Gasteiger partial charge in [0, 0.05) is 24.2 Å². The Morgan fingerprint density at radius 3 is 2.94 bits per heavy atom. The fourth-order valence-corrected chi connectivity index (χ4v) is 2.19. The molecule has 0 aliphatic carbocycles. The summed E-state index contributed by atoms with van der Waals surface area (Å²) in [7, 11) is 0. The number of carbonyl (C=O) groups excluding carboxylic acids is 1. The van der Waals surface area contributed by atoms with Gasteiger partial charge in [0.25, 0.3) is 0 Å². The van der Waals surface area contributed by atoms with Crippen LogP contribution in [-0.4, -0.2) is 19.0 Å². The molecule has 1 fully saturated rings. The Morgan fingerprint density at radius 2 is 2.22 bits per heavy atom. The SMILES string of the molecule is Cc1ccc(C#CCN)cc1N1CCCCC1=O. The van der Waals surface area contributed by atoms with Crippen molar-refractivity contribution in [2.45, 2.75) is 26.2 Å². The maximum atomic E-state index is 11.9. The molecular formula is C15H18N2O. The molecule has 0 atom stereocenters. The van der Waals surface area contributed by atoms with Crippen LogP contribution in [0.1, 0.15) is 30.4 Å². The van der Waals surface area contributed by atoms with Crippen LogP contribution in [0.25, 0.3) is 0 Å². The van der Waals surface area contributed by atoms with Gasteiger partial charge in [0.15, 0.2) is 0 Å². The quantitative estimate of drug-likeness (QED) is 0.764. The normalized spacial score (nSPS) is 15.2. The van der Waals surface area contributed by atoms with E-state index in [0.29, 0.717) is 13.0 Å². The average molecular weight is 242 g/mol. The van der Waals surface area contributed by atoms with Crippen molar-refractivity contribution in [2.24, 2.45) is 5.73 Å². The Hall–Kier alpha value is -1.79. The highest BCUT2D eigenvalue weighted by Gasteiger charge is 2.20. The first-order chi connectivity index (χ1) is 8.72. The lowest BCUT2D eigenvalue weighted by atomic mass is 10.0. The van der Waals surface area contributed by atoms with Gasteiger partial charge >= 0.3 is 0 Å². The lowest BCUT2D eigenvalue weighted by molar-refractivity contribution is -0.119. The smallest absolute Gasteiger partial charge is 0.226 e. The molecule has 3 nitrogen and oxygen atoms in total. The molecular weight excluding hydrogens is 224 g/mol. The number of hydrogen-bond donors (Lipinski definition) is 1. The Labute approximate surface area is 108 Å².